The molecule has 1 amide bonds. The summed E-state index contributed by atoms with van der Waals surface area (Å²) in [6, 6.07) is 17.8. The first kappa shape index (κ1) is 20.5. The highest BCUT2D eigenvalue weighted by molar-refractivity contribution is 7.71. The third-order valence-electron chi connectivity index (χ3n) is 5.74. The van der Waals surface area contributed by atoms with Gasteiger partial charge < -0.3 is 10.3 Å². The zero-order valence-corrected chi connectivity index (χ0v) is 17.8. The zero-order valence-electron chi connectivity index (χ0n) is 17.0. The maximum absolute atomic E-state index is 12.7. The fourth-order valence-corrected chi connectivity index (χ4v) is 4.23. The molecular formula is C24H27N3O2S. The lowest BCUT2D eigenvalue weighted by Gasteiger charge is -2.18. The predicted molar refractivity (Wildman–Crippen MR) is 122 cm³/mol. The van der Waals surface area contributed by atoms with E-state index in [9.17, 15) is 9.59 Å². The molecule has 1 atom stereocenters. The van der Waals surface area contributed by atoms with Crippen LogP contribution >= 0.6 is 12.2 Å². The highest BCUT2D eigenvalue weighted by atomic mass is 32.1. The molecule has 2 N–H and O–H groups in total. The Morgan fingerprint density at radius 2 is 1.80 bits per heavy atom. The molecule has 30 heavy (non-hydrogen) atoms. The molecule has 1 fully saturated rings. The summed E-state index contributed by atoms with van der Waals surface area (Å²) < 4.78 is 2.07. The Morgan fingerprint density at radius 1 is 1.07 bits per heavy atom. The molecule has 156 valence electrons. The summed E-state index contributed by atoms with van der Waals surface area (Å²) in [6.07, 6.45) is 5.36. The molecule has 0 radical (unpaired) electrons. The van der Waals surface area contributed by atoms with Gasteiger partial charge in [-0.2, -0.15) is 0 Å². The number of carbonyl (C=O) groups excluding carboxylic acids is 1. The fourth-order valence-electron chi connectivity index (χ4n) is 3.94. The smallest absolute Gasteiger partial charge is 0.262 e. The number of hydrogen-bond acceptors (Lipinski definition) is 3. The summed E-state index contributed by atoms with van der Waals surface area (Å²) in [5.74, 6) is 0.675. The fraction of sp³-hybridized carbons (Fsp3) is 0.375. The Morgan fingerprint density at radius 3 is 2.57 bits per heavy atom. The molecule has 2 aromatic carbocycles. The van der Waals surface area contributed by atoms with Crippen molar-refractivity contribution in [3.63, 3.8) is 0 Å². The van der Waals surface area contributed by atoms with Gasteiger partial charge in [0, 0.05) is 13.0 Å². The molecule has 5 nitrogen and oxygen atoms in total. The van der Waals surface area contributed by atoms with Crippen LogP contribution in [0.2, 0.25) is 0 Å². The van der Waals surface area contributed by atoms with E-state index in [1.54, 1.807) is 4.57 Å². The number of carbonyl (C=O) groups is 1. The first-order valence-electron chi connectivity index (χ1n) is 10.7. The number of H-pyrrole nitrogens is 1. The molecule has 1 aliphatic carbocycles. The third-order valence-corrected chi connectivity index (χ3v) is 6.07. The summed E-state index contributed by atoms with van der Waals surface area (Å²) in [4.78, 5) is 28.2. The van der Waals surface area contributed by atoms with Crippen molar-refractivity contribution in [3.05, 3.63) is 75.3 Å². The Kier molecular flexibility index (Phi) is 6.43. The molecule has 1 saturated carbocycles. The van der Waals surface area contributed by atoms with Crippen LogP contribution in [0.5, 0.6) is 0 Å². The SMILES string of the molecule is O=C(CCCCCn1c(=S)[nH]c2ccccc2c1=O)NC(c1ccccc1)C1CC1. The van der Waals surface area contributed by atoms with Crippen molar-refractivity contribution in [1.29, 1.82) is 0 Å². The van der Waals surface area contributed by atoms with Gasteiger partial charge in [-0.05, 0) is 61.5 Å². The van der Waals surface area contributed by atoms with Crippen LogP contribution in [0, 0.1) is 10.7 Å². The van der Waals surface area contributed by atoms with Crippen LogP contribution in [-0.4, -0.2) is 15.5 Å². The van der Waals surface area contributed by atoms with Crippen molar-refractivity contribution in [2.75, 3.05) is 0 Å². The van der Waals surface area contributed by atoms with Gasteiger partial charge in [-0.3, -0.25) is 14.2 Å². The highest BCUT2D eigenvalue weighted by Gasteiger charge is 2.33. The lowest BCUT2D eigenvalue weighted by molar-refractivity contribution is -0.122. The molecule has 3 aromatic rings. The minimum atomic E-state index is -0.0535. The number of rotatable bonds is 9. The van der Waals surface area contributed by atoms with E-state index < -0.39 is 0 Å². The van der Waals surface area contributed by atoms with Crippen LogP contribution in [0.25, 0.3) is 10.9 Å². The van der Waals surface area contributed by atoms with Gasteiger partial charge in [0.05, 0.1) is 16.9 Å². The maximum atomic E-state index is 12.7. The van der Waals surface area contributed by atoms with E-state index in [1.165, 1.54) is 18.4 Å². The van der Waals surface area contributed by atoms with E-state index in [4.69, 9.17) is 12.2 Å². The topological polar surface area (TPSA) is 66.9 Å². The molecule has 1 aliphatic rings. The Bertz CT molecular complexity index is 1130. The van der Waals surface area contributed by atoms with Crippen LogP contribution in [-0.2, 0) is 11.3 Å². The molecule has 0 bridgehead atoms. The number of para-hydroxylation sites is 1. The van der Waals surface area contributed by atoms with Gasteiger partial charge in [-0.25, -0.2) is 0 Å². The monoisotopic (exact) mass is 421 g/mol. The number of benzene rings is 2. The van der Waals surface area contributed by atoms with Gasteiger partial charge in [0.15, 0.2) is 4.77 Å². The number of aromatic nitrogens is 2. The van der Waals surface area contributed by atoms with Gasteiger partial charge in [0.25, 0.3) is 5.56 Å². The van der Waals surface area contributed by atoms with Gasteiger partial charge in [-0.1, -0.05) is 48.9 Å². The largest absolute Gasteiger partial charge is 0.349 e. The summed E-state index contributed by atoms with van der Waals surface area (Å²) >= 11 is 5.35. The average molecular weight is 422 g/mol. The number of nitrogens with one attached hydrogen (secondary N) is 2. The lowest BCUT2D eigenvalue weighted by atomic mass is 10.0. The number of nitrogens with zero attached hydrogens (tertiary/aromatic N) is 1. The van der Waals surface area contributed by atoms with Crippen molar-refractivity contribution >= 4 is 29.0 Å². The minimum absolute atomic E-state index is 0.0535. The van der Waals surface area contributed by atoms with E-state index in [1.807, 2.05) is 42.5 Å². The summed E-state index contributed by atoms with van der Waals surface area (Å²) in [5, 5.41) is 3.88. The number of hydrogen-bond donors (Lipinski definition) is 2. The first-order valence-corrected chi connectivity index (χ1v) is 11.1. The van der Waals surface area contributed by atoms with E-state index >= 15 is 0 Å². The van der Waals surface area contributed by atoms with Gasteiger partial charge in [0.2, 0.25) is 5.91 Å². The second-order valence-electron chi connectivity index (χ2n) is 8.04. The van der Waals surface area contributed by atoms with E-state index in [-0.39, 0.29) is 17.5 Å². The number of amides is 1. The number of fused-ring (bicyclic) bond motifs is 1. The van der Waals surface area contributed by atoms with Crippen molar-refractivity contribution in [3.8, 4) is 0 Å². The van der Waals surface area contributed by atoms with Crippen molar-refractivity contribution in [1.82, 2.24) is 14.9 Å². The maximum Gasteiger partial charge on any atom is 0.262 e. The van der Waals surface area contributed by atoms with E-state index in [2.05, 4.69) is 22.4 Å². The molecule has 4 rings (SSSR count). The van der Waals surface area contributed by atoms with Gasteiger partial charge in [0.1, 0.15) is 0 Å². The predicted octanol–water partition coefficient (Wildman–Crippen LogP) is 4.89. The molecule has 1 aromatic heterocycles. The van der Waals surface area contributed by atoms with Crippen molar-refractivity contribution in [2.45, 2.75) is 51.1 Å². The Hall–Kier alpha value is -2.73. The van der Waals surface area contributed by atoms with E-state index in [0.717, 1.165) is 24.8 Å². The molecule has 6 heteroatoms. The van der Waals surface area contributed by atoms with Gasteiger partial charge in [-0.15, -0.1) is 0 Å². The van der Waals surface area contributed by atoms with Crippen LogP contribution in [0.3, 0.4) is 0 Å². The highest BCUT2D eigenvalue weighted by Crippen LogP contribution is 2.40. The van der Waals surface area contributed by atoms with Crippen LogP contribution in [0.4, 0.5) is 0 Å². The van der Waals surface area contributed by atoms with E-state index in [0.29, 0.717) is 29.0 Å². The summed E-state index contributed by atoms with van der Waals surface area (Å²) in [6.45, 7) is 0.565. The standard InChI is InChI=1S/C24H27N3O2S/c28-21(26-22(18-14-15-18)17-9-3-1-4-10-17)13-5-2-8-16-27-23(29)19-11-6-7-12-20(19)25-24(27)30/h1,3-4,6-7,9-12,18,22H,2,5,8,13-16H2,(H,25,30)(H,26,28). The zero-order chi connectivity index (χ0) is 20.9. The second-order valence-corrected chi connectivity index (χ2v) is 8.42. The number of unbranched alkanes of at least 4 members (excludes halogenated alkanes) is 2. The molecule has 1 unspecified atom stereocenters. The molecular weight excluding hydrogens is 394 g/mol. The Labute approximate surface area is 181 Å². The van der Waals surface area contributed by atoms with Crippen molar-refractivity contribution in [2.24, 2.45) is 5.92 Å². The summed E-state index contributed by atoms with van der Waals surface area (Å²) in [5.41, 5.74) is 1.91. The number of aromatic amines is 1. The van der Waals surface area contributed by atoms with Crippen LogP contribution in [0.1, 0.15) is 50.1 Å². The average Bonchev–Trinajstić information content (AvgIpc) is 3.60. The molecule has 0 saturated heterocycles. The normalized spacial score (nSPS) is 14.5. The third kappa shape index (κ3) is 4.87. The molecule has 1 heterocycles. The quantitative estimate of drug-likeness (QED) is 0.382. The van der Waals surface area contributed by atoms with Crippen LogP contribution < -0.4 is 10.9 Å². The second kappa shape index (κ2) is 9.39. The van der Waals surface area contributed by atoms with Gasteiger partial charge >= 0.3 is 0 Å². The lowest BCUT2D eigenvalue weighted by Crippen LogP contribution is -2.29. The summed E-state index contributed by atoms with van der Waals surface area (Å²) in [7, 11) is 0. The Balaban J connectivity index is 1.26. The van der Waals surface area contributed by atoms with Crippen molar-refractivity contribution < 1.29 is 4.79 Å². The van der Waals surface area contributed by atoms with Crippen LogP contribution in [0.15, 0.2) is 59.4 Å². The molecule has 0 spiro atoms. The minimum Gasteiger partial charge on any atom is -0.349 e. The molecule has 0 aliphatic heterocycles. The first-order chi connectivity index (χ1) is 14.6.